The standard InChI is InChI=1S/C26H28F2IN3O3S/c1-17-12-23(24(32(2)25(17)33)30-22-9-8-20(29)13-21(22)28)31-36(34)26(10-11-26)14-19(27)16-35-15-18-6-4-3-5-7-18/h3-9,12-13,19,30H,10-11,14-16H2,1-2H3,(H,31,34)/p+1/t19-,36?/m1/s1. The predicted molar refractivity (Wildman–Crippen MR) is 149 cm³/mol. The summed E-state index contributed by atoms with van der Waals surface area (Å²) in [6.45, 7) is 1.90. The number of aryl methyl sites for hydroxylation is 1. The van der Waals surface area contributed by atoms with Gasteiger partial charge in [-0.05, 0) is 59.3 Å². The fourth-order valence-electron chi connectivity index (χ4n) is 4.06. The Labute approximate surface area is 225 Å². The molecule has 0 saturated heterocycles. The van der Waals surface area contributed by atoms with Crippen molar-refractivity contribution in [1.82, 2.24) is 4.57 Å². The van der Waals surface area contributed by atoms with E-state index < -0.39 is 27.7 Å². The number of hydrogen-bond donors (Lipinski definition) is 2. The van der Waals surface area contributed by atoms with E-state index in [1.165, 1.54) is 10.6 Å². The van der Waals surface area contributed by atoms with Crippen LogP contribution in [0.1, 0.15) is 30.4 Å². The molecule has 10 heteroatoms. The molecule has 2 atom stereocenters. The Morgan fingerprint density at radius 2 is 1.89 bits per heavy atom. The van der Waals surface area contributed by atoms with E-state index in [0.717, 1.165) is 9.13 Å². The molecule has 0 radical (unpaired) electrons. The number of halogens is 3. The van der Waals surface area contributed by atoms with Crippen molar-refractivity contribution in [3.8, 4) is 0 Å². The lowest BCUT2D eigenvalue weighted by Crippen LogP contribution is -2.29. The first-order valence-corrected chi connectivity index (χ1v) is 13.9. The molecule has 0 amide bonds. The molecular formula is C26H29F2IN3O3S+. The SMILES string of the molecule is Cc1cc(N[SH+](=O)C2(C[C@@H](F)COCc3ccccc3)CC2)c(Nc2ccc(I)cc2F)n(C)c1=O. The van der Waals surface area contributed by atoms with Gasteiger partial charge in [-0.1, -0.05) is 34.5 Å². The third kappa shape index (κ3) is 6.33. The van der Waals surface area contributed by atoms with E-state index >= 15 is 0 Å². The van der Waals surface area contributed by atoms with Crippen molar-refractivity contribution < 1.29 is 17.7 Å². The van der Waals surface area contributed by atoms with E-state index in [-0.39, 0.29) is 30.1 Å². The second-order valence-corrected chi connectivity index (χ2v) is 12.1. The highest BCUT2D eigenvalue weighted by atomic mass is 127. The Hall–Kier alpha value is -2.31. The van der Waals surface area contributed by atoms with Crippen LogP contribution in [0.25, 0.3) is 0 Å². The molecule has 1 aromatic heterocycles. The van der Waals surface area contributed by atoms with Crippen molar-refractivity contribution in [3.63, 3.8) is 0 Å². The van der Waals surface area contributed by atoms with Crippen LogP contribution in [0.15, 0.2) is 59.4 Å². The first-order chi connectivity index (χ1) is 17.2. The van der Waals surface area contributed by atoms with Gasteiger partial charge in [-0.15, -0.1) is 0 Å². The average molecular weight is 629 g/mol. The topological polar surface area (TPSA) is 72.4 Å². The van der Waals surface area contributed by atoms with Crippen molar-refractivity contribution in [3.05, 3.63) is 85.5 Å². The van der Waals surface area contributed by atoms with Crippen LogP contribution in [0, 0.1) is 16.3 Å². The molecule has 1 aliphatic rings. The highest BCUT2D eigenvalue weighted by molar-refractivity contribution is 14.1. The smallest absolute Gasteiger partial charge is 0.254 e. The molecule has 1 fully saturated rings. The summed E-state index contributed by atoms with van der Waals surface area (Å²) in [6.07, 6.45) is 0.127. The number of nitrogens with one attached hydrogen (secondary N) is 2. The molecule has 3 aromatic rings. The van der Waals surface area contributed by atoms with Crippen LogP contribution in [-0.4, -0.2) is 22.1 Å². The molecule has 36 heavy (non-hydrogen) atoms. The Morgan fingerprint density at radius 1 is 1.17 bits per heavy atom. The first-order valence-electron chi connectivity index (χ1n) is 11.6. The molecule has 2 aromatic carbocycles. The van der Waals surface area contributed by atoms with Crippen molar-refractivity contribution >= 4 is 50.8 Å². The molecule has 0 spiro atoms. The third-order valence-electron chi connectivity index (χ3n) is 6.27. The van der Waals surface area contributed by atoms with E-state index in [0.29, 0.717) is 30.7 Å². The molecule has 4 rings (SSSR count). The van der Waals surface area contributed by atoms with Crippen LogP contribution >= 0.6 is 22.6 Å². The van der Waals surface area contributed by atoms with E-state index in [9.17, 15) is 17.8 Å². The molecule has 0 aliphatic heterocycles. The predicted octanol–water partition coefficient (Wildman–Crippen LogP) is 5.68. The first kappa shape index (κ1) is 26.7. The number of benzene rings is 2. The summed E-state index contributed by atoms with van der Waals surface area (Å²) in [5.41, 5.74) is 1.74. The van der Waals surface area contributed by atoms with E-state index in [1.807, 2.05) is 52.9 Å². The molecule has 0 bridgehead atoms. The van der Waals surface area contributed by atoms with Crippen molar-refractivity contribution in [1.29, 1.82) is 0 Å². The molecule has 192 valence electrons. The number of thiol groups is 1. The number of ether oxygens (including phenoxy) is 1. The Kier molecular flexibility index (Phi) is 8.46. The van der Waals surface area contributed by atoms with E-state index in [4.69, 9.17) is 4.74 Å². The molecule has 2 N–H and O–H groups in total. The Bertz CT molecular complexity index is 1320. The zero-order valence-corrected chi connectivity index (χ0v) is 23.1. The van der Waals surface area contributed by atoms with Crippen molar-refractivity contribution in [2.45, 2.75) is 43.7 Å². The summed E-state index contributed by atoms with van der Waals surface area (Å²) >= 11 is 2.01. The highest BCUT2D eigenvalue weighted by Gasteiger charge is 2.56. The van der Waals surface area contributed by atoms with E-state index in [1.54, 1.807) is 32.2 Å². The Balaban J connectivity index is 1.46. The largest absolute Gasteiger partial charge is 0.374 e. The summed E-state index contributed by atoms with van der Waals surface area (Å²) in [6, 6.07) is 15.8. The van der Waals surface area contributed by atoms with Gasteiger partial charge in [0.15, 0.2) is 15.7 Å². The summed E-state index contributed by atoms with van der Waals surface area (Å²) in [5, 5.41) is 2.97. The fraction of sp³-hybridized carbons (Fsp3) is 0.346. The van der Waals surface area contributed by atoms with Crippen LogP contribution in [0.4, 0.5) is 26.0 Å². The number of alkyl halides is 1. The van der Waals surface area contributed by atoms with Crippen molar-refractivity contribution in [2.75, 3.05) is 16.6 Å². The maximum absolute atomic E-state index is 14.8. The lowest BCUT2D eigenvalue weighted by molar-refractivity contribution is 0.0655. The molecule has 1 aliphatic carbocycles. The fourth-order valence-corrected chi connectivity index (χ4v) is 6.02. The van der Waals surface area contributed by atoms with Gasteiger partial charge in [0.1, 0.15) is 23.5 Å². The van der Waals surface area contributed by atoms with E-state index in [2.05, 4.69) is 10.0 Å². The zero-order chi connectivity index (χ0) is 25.9. The third-order valence-corrected chi connectivity index (χ3v) is 8.88. The van der Waals surface area contributed by atoms with Crippen LogP contribution in [0.5, 0.6) is 0 Å². The zero-order valence-electron chi connectivity index (χ0n) is 20.1. The quantitative estimate of drug-likeness (QED) is 0.163. The molecule has 1 saturated carbocycles. The monoisotopic (exact) mass is 628 g/mol. The summed E-state index contributed by atoms with van der Waals surface area (Å²) in [5.74, 6) is -0.187. The van der Waals surface area contributed by atoms with Gasteiger partial charge in [0.25, 0.3) is 5.56 Å². The van der Waals surface area contributed by atoms with Crippen LogP contribution < -0.4 is 15.6 Å². The van der Waals surface area contributed by atoms with Gasteiger partial charge in [-0.3, -0.25) is 9.36 Å². The maximum Gasteiger partial charge on any atom is 0.254 e. The minimum absolute atomic E-state index is 0.0718. The minimum atomic E-state index is -2.06. The molecular weight excluding hydrogens is 599 g/mol. The normalized spacial score (nSPS) is 15.8. The number of aromatic nitrogens is 1. The van der Waals surface area contributed by atoms with Gasteiger partial charge in [0.2, 0.25) is 0 Å². The van der Waals surface area contributed by atoms with Gasteiger partial charge in [0, 0.05) is 35.4 Å². The second-order valence-electron chi connectivity index (χ2n) is 9.14. The van der Waals surface area contributed by atoms with Crippen molar-refractivity contribution in [2.24, 2.45) is 7.05 Å². The maximum atomic E-state index is 14.8. The summed E-state index contributed by atoms with van der Waals surface area (Å²) < 4.78 is 52.6. The summed E-state index contributed by atoms with van der Waals surface area (Å²) in [7, 11) is -0.500. The number of anilines is 3. The summed E-state index contributed by atoms with van der Waals surface area (Å²) in [4.78, 5) is 12.6. The Morgan fingerprint density at radius 3 is 2.56 bits per heavy atom. The lowest BCUT2D eigenvalue weighted by Gasteiger charge is -2.19. The van der Waals surface area contributed by atoms with Crippen LogP contribution in [-0.2, 0) is 33.6 Å². The van der Waals surface area contributed by atoms with Gasteiger partial charge >= 0.3 is 0 Å². The van der Waals surface area contributed by atoms with Crippen LogP contribution in [0.2, 0.25) is 0 Å². The lowest BCUT2D eigenvalue weighted by atomic mass is 10.2. The average Bonchev–Trinajstić information content (AvgIpc) is 3.62. The van der Waals surface area contributed by atoms with Crippen LogP contribution in [0.3, 0.4) is 0 Å². The van der Waals surface area contributed by atoms with Gasteiger partial charge < -0.3 is 10.1 Å². The second kappa shape index (κ2) is 11.4. The number of hydrogen-bond acceptors (Lipinski definition) is 4. The number of pyridine rings is 1. The highest BCUT2D eigenvalue weighted by Crippen LogP contribution is 2.47. The van der Waals surface area contributed by atoms with Gasteiger partial charge in [-0.2, -0.15) is 0 Å². The van der Waals surface area contributed by atoms with Gasteiger partial charge in [0.05, 0.1) is 18.9 Å². The number of rotatable bonds is 11. The molecule has 6 nitrogen and oxygen atoms in total. The molecule has 1 unspecified atom stereocenters. The number of nitrogens with zero attached hydrogens (tertiary/aromatic N) is 1. The minimum Gasteiger partial charge on any atom is -0.374 e. The van der Waals surface area contributed by atoms with Gasteiger partial charge in [-0.25, -0.2) is 13.5 Å². The molecule has 1 heterocycles.